The van der Waals surface area contributed by atoms with Gasteiger partial charge >= 0.3 is 0 Å². The minimum Gasteiger partial charge on any atom is -0.326 e. The van der Waals surface area contributed by atoms with E-state index in [1.54, 1.807) is 36.4 Å². The Bertz CT molecular complexity index is 1310. The van der Waals surface area contributed by atoms with Gasteiger partial charge in [0.25, 0.3) is 5.56 Å². The average Bonchev–Trinajstić information content (AvgIpc) is 2.76. The number of hydrogen-bond acceptors (Lipinski definition) is 4. The van der Waals surface area contributed by atoms with Gasteiger partial charge in [-0.3, -0.25) is 14.2 Å². The molecule has 1 aromatic heterocycles. The first-order chi connectivity index (χ1) is 15.0. The third-order valence-electron chi connectivity index (χ3n) is 4.51. The van der Waals surface area contributed by atoms with Crippen LogP contribution in [0.4, 0.5) is 14.5 Å². The van der Waals surface area contributed by atoms with E-state index in [9.17, 15) is 18.4 Å². The number of fused-ring (bicyclic) bond motifs is 1. The van der Waals surface area contributed by atoms with Crippen molar-refractivity contribution in [1.82, 2.24) is 9.55 Å². The van der Waals surface area contributed by atoms with Gasteiger partial charge in [-0.25, -0.2) is 13.8 Å². The van der Waals surface area contributed by atoms with Crippen molar-refractivity contribution in [2.75, 3.05) is 11.1 Å². The Morgan fingerprint density at radius 2 is 1.74 bits per heavy atom. The summed E-state index contributed by atoms with van der Waals surface area (Å²) in [5.41, 5.74) is 0.586. The molecule has 0 aliphatic rings. The molecule has 0 radical (unpaired) electrons. The van der Waals surface area contributed by atoms with Gasteiger partial charge in [0.15, 0.2) is 5.16 Å². The van der Waals surface area contributed by atoms with Crippen molar-refractivity contribution in [1.29, 1.82) is 0 Å². The maximum Gasteiger partial charge on any atom is 0.266 e. The second kappa shape index (κ2) is 9.09. The van der Waals surface area contributed by atoms with Crippen LogP contribution in [0.5, 0.6) is 0 Å². The molecule has 0 unspecified atom stereocenters. The number of benzene rings is 3. The van der Waals surface area contributed by atoms with Crippen molar-refractivity contribution in [3.05, 3.63) is 94.8 Å². The van der Waals surface area contributed by atoms with Gasteiger partial charge in [0.05, 0.1) is 16.6 Å². The number of para-hydroxylation sites is 2. The quantitative estimate of drug-likeness (QED) is 0.348. The van der Waals surface area contributed by atoms with Gasteiger partial charge in [-0.1, -0.05) is 42.1 Å². The van der Waals surface area contributed by atoms with Crippen LogP contribution in [0.15, 0.2) is 82.7 Å². The molecule has 0 saturated carbocycles. The predicted molar refractivity (Wildman–Crippen MR) is 118 cm³/mol. The van der Waals surface area contributed by atoms with E-state index in [4.69, 9.17) is 0 Å². The van der Waals surface area contributed by atoms with Crippen LogP contribution in [0.2, 0.25) is 0 Å². The summed E-state index contributed by atoms with van der Waals surface area (Å²) in [6.45, 7) is 0. The lowest BCUT2D eigenvalue weighted by Gasteiger charge is -2.14. The van der Waals surface area contributed by atoms with Crippen molar-refractivity contribution < 1.29 is 13.6 Å². The Kier molecular flexibility index (Phi) is 6.08. The number of nitrogens with zero attached hydrogens (tertiary/aromatic N) is 2. The number of aromatic nitrogens is 2. The molecule has 5 nitrogen and oxygen atoms in total. The zero-order valence-electron chi connectivity index (χ0n) is 16.2. The van der Waals surface area contributed by atoms with E-state index >= 15 is 0 Å². The van der Waals surface area contributed by atoms with Crippen LogP contribution in [-0.2, 0) is 4.79 Å². The molecule has 0 aliphatic carbocycles. The number of amides is 1. The van der Waals surface area contributed by atoms with Crippen LogP contribution in [-0.4, -0.2) is 21.2 Å². The zero-order chi connectivity index (χ0) is 21.8. The topological polar surface area (TPSA) is 64.0 Å². The highest BCUT2D eigenvalue weighted by molar-refractivity contribution is 7.99. The number of thioether (sulfide) groups is 1. The van der Waals surface area contributed by atoms with Crippen LogP contribution in [0.25, 0.3) is 16.6 Å². The standard InChI is InChI=1S/C23H17F2N3O2S/c24-15-10-11-20(18(25)14-15)28-22(30)17-8-4-5-9-19(17)27-23(28)31-13-12-21(29)26-16-6-2-1-3-7-16/h1-11,14H,12-13H2,(H,26,29). The van der Waals surface area contributed by atoms with Crippen molar-refractivity contribution in [2.24, 2.45) is 0 Å². The van der Waals surface area contributed by atoms with E-state index in [1.165, 1.54) is 6.07 Å². The second-order valence-electron chi connectivity index (χ2n) is 6.66. The van der Waals surface area contributed by atoms with E-state index in [0.29, 0.717) is 22.3 Å². The molecule has 0 aliphatic heterocycles. The number of halogens is 2. The van der Waals surface area contributed by atoms with Crippen LogP contribution >= 0.6 is 11.8 Å². The Hall–Kier alpha value is -3.52. The largest absolute Gasteiger partial charge is 0.326 e. The molecule has 1 N–H and O–H groups in total. The van der Waals surface area contributed by atoms with E-state index in [2.05, 4.69) is 10.3 Å². The number of nitrogens with one attached hydrogen (secondary N) is 1. The van der Waals surface area contributed by atoms with Gasteiger partial charge in [0.2, 0.25) is 5.91 Å². The number of carbonyl (C=O) groups excluding carboxylic acids is 1. The van der Waals surface area contributed by atoms with Gasteiger partial charge in [-0.2, -0.15) is 0 Å². The molecule has 4 aromatic rings. The average molecular weight is 437 g/mol. The lowest BCUT2D eigenvalue weighted by atomic mass is 10.2. The lowest BCUT2D eigenvalue weighted by molar-refractivity contribution is -0.115. The fourth-order valence-electron chi connectivity index (χ4n) is 3.06. The maximum atomic E-state index is 14.5. The van der Waals surface area contributed by atoms with E-state index in [-0.39, 0.29) is 23.2 Å². The number of hydrogen-bond donors (Lipinski definition) is 1. The summed E-state index contributed by atoms with van der Waals surface area (Å²) in [5, 5.41) is 3.33. The summed E-state index contributed by atoms with van der Waals surface area (Å²) in [6, 6.07) is 18.8. The minimum atomic E-state index is -0.872. The van der Waals surface area contributed by atoms with Crippen LogP contribution in [0.3, 0.4) is 0 Å². The fourth-order valence-corrected chi connectivity index (χ4v) is 4.01. The first kappa shape index (κ1) is 20.7. The minimum absolute atomic E-state index is 0.0964. The molecule has 1 amide bonds. The first-order valence-corrected chi connectivity index (χ1v) is 10.5. The molecule has 1 heterocycles. The highest BCUT2D eigenvalue weighted by Crippen LogP contribution is 2.24. The Labute approximate surface area is 180 Å². The van der Waals surface area contributed by atoms with Crippen molar-refractivity contribution >= 4 is 34.3 Å². The fraction of sp³-hybridized carbons (Fsp3) is 0.0870. The molecule has 31 heavy (non-hydrogen) atoms. The third kappa shape index (κ3) is 4.64. The molecule has 0 fully saturated rings. The molecule has 0 saturated heterocycles. The number of anilines is 1. The molecule has 0 atom stereocenters. The van der Waals surface area contributed by atoms with E-state index < -0.39 is 17.2 Å². The van der Waals surface area contributed by atoms with Gasteiger partial charge in [-0.05, 0) is 36.4 Å². The Morgan fingerprint density at radius 1 is 1.00 bits per heavy atom. The van der Waals surface area contributed by atoms with Crippen molar-refractivity contribution in [3.63, 3.8) is 0 Å². The maximum absolute atomic E-state index is 14.5. The SMILES string of the molecule is O=C(CCSc1nc2ccccc2c(=O)n1-c1ccc(F)cc1F)Nc1ccccc1. The summed E-state index contributed by atoms with van der Waals surface area (Å²) in [5.74, 6) is -1.49. The Balaban J connectivity index is 1.63. The lowest BCUT2D eigenvalue weighted by Crippen LogP contribution is -2.23. The van der Waals surface area contributed by atoms with Gasteiger partial charge < -0.3 is 5.32 Å². The number of rotatable bonds is 6. The summed E-state index contributed by atoms with van der Waals surface area (Å²) in [6.07, 6.45) is 0.161. The van der Waals surface area contributed by atoms with E-state index in [0.717, 1.165) is 28.5 Å². The van der Waals surface area contributed by atoms with Crippen molar-refractivity contribution in [3.8, 4) is 5.69 Å². The highest BCUT2D eigenvalue weighted by atomic mass is 32.2. The summed E-state index contributed by atoms with van der Waals surface area (Å²) in [7, 11) is 0. The smallest absolute Gasteiger partial charge is 0.266 e. The first-order valence-electron chi connectivity index (χ1n) is 9.48. The predicted octanol–water partition coefficient (Wildman–Crippen LogP) is 4.78. The summed E-state index contributed by atoms with van der Waals surface area (Å²) >= 11 is 1.15. The van der Waals surface area contributed by atoms with Crippen LogP contribution in [0, 0.1) is 11.6 Å². The molecule has 156 valence electrons. The van der Waals surface area contributed by atoms with Crippen LogP contribution < -0.4 is 10.9 Å². The molecule has 0 spiro atoms. The summed E-state index contributed by atoms with van der Waals surface area (Å²) in [4.78, 5) is 29.8. The molecular formula is C23H17F2N3O2S. The third-order valence-corrected chi connectivity index (χ3v) is 5.45. The Morgan fingerprint density at radius 3 is 2.52 bits per heavy atom. The van der Waals surface area contributed by atoms with Crippen molar-refractivity contribution in [2.45, 2.75) is 11.6 Å². The number of carbonyl (C=O) groups is 1. The van der Waals surface area contributed by atoms with Gasteiger partial charge in [-0.15, -0.1) is 0 Å². The molecular weight excluding hydrogens is 420 g/mol. The molecule has 3 aromatic carbocycles. The van der Waals surface area contributed by atoms with Gasteiger partial charge in [0.1, 0.15) is 11.6 Å². The second-order valence-corrected chi connectivity index (χ2v) is 7.72. The molecule has 0 bridgehead atoms. The normalized spacial score (nSPS) is 10.9. The highest BCUT2D eigenvalue weighted by Gasteiger charge is 2.17. The van der Waals surface area contributed by atoms with Gasteiger partial charge in [0, 0.05) is 23.9 Å². The molecule has 4 rings (SSSR count). The monoisotopic (exact) mass is 437 g/mol. The summed E-state index contributed by atoms with van der Waals surface area (Å²) < 4.78 is 29.0. The van der Waals surface area contributed by atoms with Crippen LogP contribution in [0.1, 0.15) is 6.42 Å². The zero-order valence-corrected chi connectivity index (χ0v) is 17.0. The molecule has 8 heteroatoms. The van der Waals surface area contributed by atoms with E-state index in [1.807, 2.05) is 18.2 Å².